The second kappa shape index (κ2) is 5.24. The lowest BCUT2D eigenvalue weighted by atomic mass is 10.1. The van der Waals surface area contributed by atoms with E-state index in [4.69, 9.17) is 0 Å². The van der Waals surface area contributed by atoms with Crippen LogP contribution in [0.1, 0.15) is 5.56 Å². The molecule has 1 heterocycles. The number of hydrogen-bond donors (Lipinski definition) is 0. The molecule has 0 spiro atoms. The Labute approximate surface area is 115 Å². The van der Waals surface area contributed by atoms with Gasteiger partial charge in [-0.3, -0.25) is 10.1 Å². The topological polar surface area (TPSA) is 49.6 Å². The molecule has 6 heteroatoms. The first-order chi connectivity index (χ1) is 8.49. The van der Waals surface area contributed by atoms with Crippen LogP contribution in [0.4, 0.5) is 11.4 Å². The normalized spacial score (nSPS) is 16.9. The maximum absolute atomic E-state index is 11.2. The van der Waals surface area contributed by atoms with E-state index < -0.39 is 0 Å². The van der Waals surface area contributed by atoms with Gasteiger partial charge in [0.1, 0.15) is 5.69 Å². The van der Waals surface area contributed by atoms with Crippen molar-refractivity contribution in [1.82, 2.24) is 4.90 Å². The quantitative estimate of drug-likeness (QED) is 0.621. The van der Waals surface area contributed by atoms with Gasteiger partial charge in [-0.25, -0.2) is 0 Å². The molecule has 0 atom stereocenters. The number of anilines is 1. The van der Waals surface area contributed by atoms with Gasteiger partial charge in [0, 0.05) is 36.7 Å². The average Bonchev–Trinajstić information content (AvgIpc) is 2.29. The SMILES string of the molecule is Cc1cc(Br)c(N2CCN(C)CC2)c([N+](=O)[O-])c1. The molecule has 0 aromatic heterocycles. The average molecular weight is 314 g/mol. The van der Waals surface area contributed by atoms with Crippen LogP contribution < -0.4 is 4.90 Å². The van der Waals surface area contributed by atoms with Gasteiger partial charge >= 0.3 is 0 Å². The second-order valence-corrected chi connectivity index (χ2v) is 5.52. The molecule has 5 nitrogen and oxygen atoms in total. The van der Waals surface area contributed by atoms with Gasteiger partial charge < -0.3 is 9.80 Å². The molecule has 1 aromatic carbocycles. The molecule has 0 radical (unpaired) electrons. The van der Waals surface area contributed by atoms with Crippen LogP contribution in [0.3, 0.4) is 0 Å². The molecule has 1 fully saturated rings. The molecule has 0 unspecified atom stereocenters. The van der Waals surface area contributed by atoms with E-state index in [0.29, 0.717) is 5.69 Å². The van der Waals surface area contributed by atoms with Crippen LogP contribution in [0.2, 0.25) is 0 Å². The van der Waals surface area contributed by atoms with E-state index in [-0.39, 0.29) is 10.6 Å². The number of rotatable bonds is 2. The Hall–Kier alpha value is -1.14. The van der Waals surface area contributed by atoms with Gasteiger partial charge in [-0.1, -0.05) is 0 Å². The predicted octanol–water partition coefficient (Wildman–Crippen LogP) is 2.42. The van der Waals surface area contributed by atoms with Crippen LogP contribution >= 0.6 is 15.9 Å². The molecule has 0 saturated carbocycles. The first-order valence-corrected chi connectivity index (χ1v) is 6.66. The molecule has 1 aromatic rings. The fraction of sp³-hybridized carbons (Fsp3) is 0.500. The number of likely N-dealkylation sites (N-methyl/N-ethyl adjacent to an activating group) is 1. The van der Waals surface area contributed by atoms with Crippen molar-refractivity contribution >= 4 is 27.3 Å². The number of benzene rings is 1. The zero-order valence-corrected chi connectivity index (χ0v) is 12.1. The molecule has 0 bridgehead atoms. The largest absolute Gasteiger partial charge is 0.362 e. The van der Waals surface area contributed by atoms with Crippen LogP contribution in [0.15, 0.2) is 16.6 Å². The highest BCUT2D eigenvalue weighted by Crippen LogP contribution is 2.37. The monoisotopic (exact) mass is 313 g/mol. The van der Waals surface area contributed by atoms with E-state index in [9.17, 15) is 10.1 Å². The first-order valence-electron chi connectivity index (χ1n) is 5.87. The minimum Gasteiger partial charge on any atom is -0.362 e. The summed E-state index contributed by atoms with van der Waals surface area (Å²) in [7, 11) is 2.07. The Morgan fingerprint density at radius 1 is 1.28 bits per heavy atom. The number of piperazine rings is 1. The summed E-state index contributed by atoms with van der Waals surface area (Å²) in [6, 6.07) is 3.57. The summed E-state index contributed by atoms with van der Waals surface area (Å²) in [6.07, 6.45) is 0. The summed E-state index contributed by atoms with van der Waals surface area (Å²) >= 11 is 3.46. The molecule has 0 N–H and O–H groups in total. The van der Waals surface area contributed by atoms with E-state index >= 15 is 0 Å². The van der Waals surface area contributed by atoms with Gasteiger partial charge in [-0.15, -0.1) is 0 Å². The van der Waals surface area contributed by atoms with Gasteiger partial charge in [0.25, 0.3) is 5.69 Å². The summed E-state index contributed by atoms with van der Waals surface area (Å²) in [5, 5.41) is 11.2. The first kappa shape index (κ1) is 13.3. The zero-order valence-electron chi connectivity index (χ0n) is 10.5. The van der Waals surface area contributed by atoms with E-state index in [1.807, 2.05) is 13.0 Å². The van der Waals surface area contributed by atoms with E-state index in [2.05, 4.69) is 32.8 Å². The van der Waals surface area contributed by atoms with Crippen LogP contribution in [-0.4, -0.2) is 43.0 Å². The second-order valence-electron chi connectivity index (χ2n) is 4.66. The van der Waals surface area contributed by atoms with Gasteiger partial charge in [0.15, 0.2) is 0 Å². The smallest absolute Gasteiger partial charge is 0.293 e. The maximum atomic E-state index is 11.2. The summed E-state index contributed by atoms with van der Waals surface area (Å²) in [5.41, 5.74) is 1.79. The van der Waals surface area contributed by atoms with E-state index in [0.717, 1.165) is 36.2 Å². The lowest BCUT2D eigenvalue weighted by molar-refractivity contribution is -0.384. The Kier molecular flexibility index (Phi) is 3.87. The number of nitro benzene ring substituents is 1. The van der Waals surface area contributed by atoms with Crippen molar-refractivity contribution in [1.29, 1.82) is 0 Å². The van der Waals surface area contributed by atoms with Crippen LogP contribution in [0.5, 0.6) is 0 Å². The third-order valence-corrected chi connectivity index (χ3v) is 3.81. The van der Waals surface area contributed by atoms with Crippen molar-refractivity contribution < 1.29 is 4.92 Å². The molecule has 0 aliphatic carbocycles. The van der Waals surface area contributed by atoms with Crippen molar-refractivity contribution in [3.8, 4) is 0 Å². The van der Waals surface area contributed by atoms with Gasteiger partial charge in [-0.2, -0.15) is 0 Å². The van der Waals surface area contributed by atoms with Crippen molar-refractivity contribution in [2.45, 2.75) is 6.92 Å². The van der Waals surface area contributed by atoms with E-state index in [1.165, 1.54) is 0 Å². The van der Waals surface area contributed by atoms with Crippen LogP contribution in [0, 0.1) is 17.0 Å². The van der Waals surface area contributed by atoms with Gasteiger partial charge in [-0.05, 0) is 41.5 Å². The highest BCUT2D eigenvalue weighted by Gasteiger charge is 2.25. The minimum atomic E-state index is -0.300. The molecule has 98 valence electrons. The van der Waals surface area contributed by atoms with Crippen molar-refractivity contribution in [2.24, 2.45) is 0 Å². The minimum absolute atomic E-state index is 0.187. The van der Waals surface area contributed by atoms with E-state index in [1.54, 1.807) is 6.07 Å². The maximum Gasteiger partial charge on any atom is 0.293 e. The summed E-state index contributed by atoms with van der Waals surface area (Å²) in [4.78, 5) is 15.2. The molecular weight excluding hydrogens is 298 g/mol. The van der Waals surface area contributed by atoms with Crippen molar-refractivity contribution in [2.75, 3.05) is 38.1 Å². The molecule has 1 saturated heterocycles. The fourth-order valence-electron chi connectivity index (χ4n) is 2.20. The third kappa shape index (κ3) is 2.64. The number of nitro groups is 1. The Morgan fingerprint density at radius 2 is 1.89 bits per heavy atom. The number of hydrogen-bond acceptors (Lipinski definition) is 4. The van der Waals surface area contributed by atoms with Crippen molar-refractivity contribution in [3.63, 3.8) is 0 Å². The number of nitrogens with zero attached hydrogens (tertiary/aromatic N) is 3. The fourth-order valence-corrected chi connectivity index (χ4v) is 3.01. The van der Waals surface area contributed by atoms with Gasteiger partial charge in [0.2, 0.25) is 0 Å². The molecule has 18 heavy (non-hydrogen) atoms. The molecule has 2 rings (SSSR count). The van der Waals surface area contributed by atoms with Crippen molar-refractivity contribution in [3.05, 3.63) is 32.3 Å². The zero-order chi connectivity index (χ0) is 13.3. The highest BCUT2D eigenvalue weighted by molar-refractivity contribution is 9.10. The van der Waals surface area contributed by atoms with Gasteiger partial charge in [0.05, 0.1) is 4.92 Å². The number of halogens is 1. The Morgan fingerprint density at radius 3 is 2.44 bits per heavy atom. The summed E-state index contributed by atoms with van der Waals surface area (Å²) in [5.74, 6) is 0. The molecule has 1 aliphatic rings. The molecular formula is C12H16BrN3O2. The molecule has 0 amide bonds. The lowest BCUT2D eigenvalue weighted by Gasteiger charge is -2.34. The lowest BCUT2D eigenvalue weighted by Crippen LogP contribution is -2.44. The van der Waals surface area contributed by atoms with Crippen LogP contribution in [0.25, 0.3) is 0 Å². The third-order valence-electron chi connectivity index (χ3n) is 3.20. The highest BCUT2D eigenvalue weighted by atomic mass is 79.9. The van der Waals surface area contributed by atoms with Crippen LogP contribution in [-0.2, 0) is 0 Å². The summed E-state index contributed by atoms with van der Waals surface area (Å²) < 4.78 is 0.804. The predicted molar refractivity (Wildman–Crippen MR) is 75.2 cm³/mol. The number of aryl methyl sites for hydroxylation is 1. The Balaban J connectivity index is 2.39. The summed E-state index contributed by atoms with van der Waals surface area (Å²) in [6.45, 7) is 5.36. The Bertz CT molecular complexity index is 471. The standard InChI is InChI=1S/C12H16BrN3O2/c1-9-7-10(13)12(11(8-9)16(17)18)15-5-3-14(2)4-6-15/h7-8H,3-6H2,1-2H3. The molecule has 1 aliphatic heterocycles.